The van der Waals surface area contributed by atoms with Gasteiger partial charge in [0.05, 0.1) is 26.4 Å². The van der Waals surface area contributed by atoms with Gasteiger partial charge in [-0.2, -0.15) is 0 Å². The summed E-state index contributed by atoms with van der Waals surface area (Å²) < 4.78 is 68.6. The van der Waals surface area contributed by atoms with Gasteiger partial charge >= 0.3 is 39.5 Å². The third-order valence-corrected chi connectivity index (χ3v) is 20.5. The van der Waals surface area contributed by atoms with Gasteiger partial charge in [-0.05, 0) is 69.1 Å². The number of phosphoric acid groups is 2. The molecule has 19 heteroatoms. The predicted molar refractivity (Wildman–Crippen MR) is 395 cm³/mol. The molecule has 0 amide bonds. The molecule has 0 aromatic heterocycles. The number of phosphoric ester groups is 2. The highest BCUT2D eigenvalue weighted by Gasteiger charge is 2.30. The van der Waals surface area contributed by atoms with Crippen LogP contribution in [0.2, 0.25) is 0 Å². The fraction of sp³-hybridized carbons (Fsp3) is 0.897. The maximum Gasteiger partial charge on any atom is 0.472 e. The summed E-state index contributed by atoms with van der Waals surface area (Å²) in [6, 6.07) is 0. The Labute approximate surface area is 592 Å². The highest BCUT2D eigenvalue weighted by Crippen LogP contribution is 2.45. The molecule has 17 nitrogen and oxygen atoms in total. The lowest BCUT2D eigenvalue weighted by Crippen LogP contribution is -2.30. The summed E-state index contributed by atoms with van der Waals surface area (Å²) in [5.41, 5.74) is 0. The van der Waals surface area contributed by atoms with Gasteiger partial charge < -0.3 is 33.8 Å². The first-order valence-corrected chi connectivity index (χ1v) is 42.8. The molecule has 0 aliphatic carbocycles. The smallest absolute Gasteiger partial charge is 0.462 e. The topological polar surface area (TPSA) is 237 Å². The fourth-order valence-electron chi connectivity index (χ4n) is 11.3. The standard InChI is InChI=1S/C78H148O17P2/c1-8-12-13-14-15-16-17-18-19-23-26-33-38-47-54-61-77(82)94-73(65-88-75(80)59-52-45-37-32-29-28-31-36-43-50-57-70(6)10-3)67-92-96(84,85)90-63-72(79)64-91-97(86,87)93-68-74(66-89-76(81)60-53-46-41-40-44-51-58-71(7)11-4)95-78(83)62-55-48-39-34-27-24-21-20-22-25-30-35-42-49-56-69(5)9-2/h16-19,69-74,79H,8-15,20-68H2,1-7H3,(H,84,85)(H,86,87)/b17-16-,19-18-/t69?,70?,71?,72-,73-,74-/m1/s1. The van der Waals surface area contributed by atoms with Crippen LogP contribution >= 0.6 is 15.6 Å². The maximum atomic E-state index is 13.1. The van der Waals surface area contributed by atoms with Crippen LogP contribution in [0.4, 0.5) is 0 Å². The monoisotopic (exact) mass is 1420 g/mol. The second-order valence-electron chi connectivity index (χ2n) is 28.1. The molecular weight excluding hydrogens is 1270 g/mol. The van der Waals surface area contributed by atoms with Gasteiger partial charge in [0.2, 0.25) is 0 Å². The largest absolute Gasteiger partial charge is 0.472 e. The highest BCUT2D eigenvalue weighted by atomic mass is 31.2. The van der Waals surface area contributed by atoms with E-state index < -0.39 is 97.5 Å². The molecular formula is C78H148O17P2. The van der Waals surface area contributed by atoms with E-state index in [1.807, 2.05) is 0 Å². The number of hydrogen-bond donors (Lipinski definition) is 3. The first-order chi connectivity index (χ1) is 46.8. The zero-order valence-corrected chi connectivity index (χ0v) is 64.8. The molecule has 0 aliphatic rings. The van der Waals surface area contributed by atoms with E-state index in [4.69, 9.17) is 37.0 Å². The van der Waals surface area contributed by atoms with Crippen molar-refractivity contribution in [2.45, 2.75) is 394 Å². The van der Waals surface area contributed by atoms with Gasteiger partial charge in [0, 0.05) is 25.7 Å². The van der Waals surface area contributed by atoms with Crippen molar-refractivity contribution in [3.05, 3.63) is 24.3 Å². The number of aliphatic hydroxyl groups is 1. The number of rotatable bonds is 74. The van der Waals surface area contributed by atoms with Crippen molar-refractivity contribution >= 4 is 39.5 Å². The van der Waals surface area contributed by atoms with Gasteiger partial charge in [0.25, 0.3) is 0 Å². The molecule has 8 atom stereocenters. The lowest BCUT2D eigenvalue weighted by atomic mass is 9.99. The Morgan fingerprint density at radius 1 is 0.330 bits per heavy atom. The summed E-state index contributed by atoms with van der Waals surface area (Å²) >= 11 is 0. The third-order valence-electron chi connectivity index (χ3n) is 18.6. The van der Waals surface area contributed by atoms with E-state index in [2.05, 4.69) is 72.8 Å². The predicted octanol–water partition coefficient (Wildman–Crippen LogP) is 22.5. The van der Waals surface area contributed by atoms with Gasteiger partial charge in [0.1, 0.15) is 19.3 Å². The summed E-state index contributed by atoms with van der Waals surface area (Å²) in [4.78, 5) is 72.9. The average Bonchev–Trinajstić information content (AvgIpc) is 2.86. The highest BCUT2D eigenvalue weighted by molar-refractivity contribution is 7.47. The summed E-state index contributed by atoms with van der Waals surface area (Å²) in [7, 11) is -9.93. The van der Waals surface area contributed by atoms with Crippen molar-refractivity contribution in [2.24, 2.45) is 17.8 Å². The van der Waals surface area contributed by atoms with E-state index >= 15 is 0 Å². The van der Waals surface area contributed by atoms with Crippen LogP contribution in [0, 0.1) is 17.8 Å². The number of unbranched alkanes of at least 4 members (excludes halogenated alkanes) is 36. The molecule has 3 N–H and O–H groups in total. The molecule has 0 aromatic carbocycles. The zero-order chi connectivity index (χ0) is 71.6. The van der Waals surface area contributed by atoms with Gasteiger partial charge in [-0.3, -0.25) is 37.3 Å². The second-order valence-corrected chi connectivity index (χ2v) is 31.0. The molecule has 0 saturated heterocycles. The minimum atomic E-state index is -4.97. The number of carbonyl (C=O) groups is 4. The maximum absolute atomic E-state index is 13.1. The molecule has 0 fully saturated rings. The second kappa shape index (κ2) is 68.0. The van der Waals surface area contributed by atoms with Gasteiger partial charge in [-0.25, -0.2) is 9.13 Å². The summed E-state index contributed by atoms with van der Waals surface area (Å²) in [5, 5.41) is 10.6. The normalized spacial score (nSPS) is 15.0. The molecule has 5 unspecified atom stereocenters. The number of ether oxygens (including phenoxy) is 4. The first-order valence-electron chi connectivity index (χ1n) is 39.8. The number of hydrogen-bond acceptors (Lipinski definition) is 15. The van der Waals surface area contributed by atoms with Crippen molar-refractivity contribution in [1.29, 1.82) is 0 Å². The van der Waals surface area contributed by atoms with E-state index in [9.17, 15) is 43.2 Å². The molecule has 0 aliphatic heterocycles. The Bertz CT molecular complexity index is 1990. The van der Waals surface area contributed by atoms with Gasteiger partial charge in [-0.1, -0.05) is 323 Å². The van der Waals surface area contributed by atoms with Gasteiger partial charge in [-0.15, -0.1) is 0 Å². The van der Waals surface area contributed by atoms with Crippen LogP contribution in [0.25, 0.3) is 0 Å². The SMILES string of the molecule is CCCCCC/C=C\C=C/CCCCCCCC(=O)O[C@H](COC(=O)CCCCCCCCCCCCC(C)CC)COP(=O)(O)OC[C@@H](O)COP(=O)(O)OC[C@@H](COC(=O)CCCCCCCCC(C)CC)OC(=O)CCCCCCCCCCCCCCCCC(C)CC. The van der Waals surface area contributed by atoms with Crippen LogP contribution in [0.5, 0.6) is 0 Å². The van der Waals surface area contributed by atoms with Crippen molar-refractivity contribution in [2.75, 3.05) is 39.6 Å². The number of esters is 4. The number of allylic oxidation sites excluding steroid dienone is 4. The summed E-state index contributed by atoms with van der Waals surface area (Å²) in [5.74, 6) is 0.234. The van der Waals surface area contributed by atoms with E-state index in [0.717, 1.165) is 127 Å². The Kier molecular flexibility index (Phi) is 66.3. The molecule has 0 aromatic rings. The van der Waals surface area contributed by atoms with Crippen molar-refractivity contribution in [3.8, 4) is 0 Å². The number of aliphatic hydroxyl groups excluding tert-OH is 1. The van der Waals surface area contributed by atoms with Crippen molar-refractivity contribution in [3.63, 3.8) is 0 Å². The molecule has 0 heterocycles. The molecule has 0 saturated carbocycles. The Morgan fingerprint density at radius 3 is 0.866 bits per heavy atom. The zero-order valence-electron chi connectivity index (χ0n) is 63.0. The molecule has 0 spiro atoms. The Hall–Kier alpha value is -2.46. The lowest BCUT2D eigenvalue weighted by molar-refractivity contribution is -0.161. The van der Waals surface area contributed by atoms with Crippen LogP contribution in [0.1, 0.15) is 376 Å². The Balaban J connectivity index is 5.29. The molecule has 0 radical (unpaired) electrons. The van der Waals surface area contributed by atoms with Crippen LogP contribution in [0.3, 0.4) is 0 Å². The van der Waals surface area contributed by atoms with Crippen LogP contribution in [-0.4, -0.2) is 96.7 Å². The summed E-state index contributed by atoms with van der Waals surface area (Å²) in [6.45, 7) is 11.9. The minimum absolute atomic E-state index is 0.0846. The van der Waals surface area contributed by atoms with E-state index in [1.54, 1.807) is 0 Å². The molecule has 0 rings (SSSR count). The van der Waals surface area contributed by atoms with E-state index in [1.165, 1.54) is 167 Å². The van der Waals surface area contributed by atoms with Crippen molar-refractivity contribution < 1.29 is 80.2 Å². The number of carbonyl (C=O) groups excluding carboxylic acids is 4. The van der Waals surface area contributed by atoms with E-state index in [0.29, 0.717) is 25.7 Å². The van der Waals surface area contributed by atoms with E-state index in [-0.39, 0.29) is 25.7 Å². The van der Waals surface area contributed by atoms with Crippen LogP contribution in [-0.2, 0) is 65.4 Å². The quantitative estimate of drug-likeness (QED) is 0.0169. The van der Waals surface area contributed by atoms with Crippen LogP contribution < -0.4 is 0 Å². The van der Waals surface area contributed by atoms with Gasteiger partial charge in [0.15, 0.2) is 12.2 Å². The first kappa shape index (κ1) is 94.5. The van der Waals surface area contributed by atoms with Crippen LogP contribution in [0.15, 0.2) is 24.3 Å². The molecule has 572 valence electrons. The third kappa shape index (κ3) is 67.8. The molecule has 0 bridgehead atoms. The summed E-state index contributed by atoms with van der Waals surface area (Å²) in [6.07, 6.45) is 57.5. The Morgan fingerprint density at radius 2 is 0.577 bits per heavy atom. The fourth-order valence-corrected chi connectivity index (χ4v) is 12.9. The average molecular weight is 1420 g/mol. The lowest BCUT2D eigenvalue weighted by Gasteiger charge is -2.21. The van der Waals surface area contributed by atoms with Crippen molar-refractivity contribution in [1.82, 2.24) is 0 Å². The molecule has 97 heavy (non-hydrogen) atoms. The minimum Gasteiger partial charge on any atom is -0.462 e.